The molecule has 138 valence electrons. The number of carbonyl (C=O) groups excluding carboxylic acids is 1. The third-order valence-corrected chi connectivity index (χ3v) is 4.71. The lowest BCUT2D eigenvalue weighted by Crippen LogP contribution is -2.30. The molecule has 0 aliphatic carbocycles. The van der Waals surface area contributed by atoms with Crippen molar-refractivity contribution in [2.45, 2.75) is 26.9 Å². The minimum Gasteiger partial charge on any atom is -0.454 e. The number of aryl methyl sites for hydroxylation is 1. The standard InChI is InChI=1S/C21H20N2O4/c1-13-3-5-15(6-4-13)10-23(14(2)24)11-17-7-16-8-19-20(27-12-26-19)9-18(16)22-21(17)25/h3-9H,10-12H2,1-2H3,(H,22,25). The molecule has 0 unspecified atom stereocenters. The minimum atomic E-state index is -0.212. The van der Waals surface area contributed by atoms with E-state index in [0.717, 1.165) is 16.5 Å². The Kier molecular flexibility index (Phi) is 4.32. The van der Waals surface area contributed by atoms with E-state index in [1.54, 1.807) is 17.0 Å². The zero-order valence-corrected chi connectivity index (χ0v) is 15.2. The Morgan fingerprint density at radius 2 is 1.78 bits per heavy atom. The fourth-order valence-electron chi connectivity index (χ4n) is 3.16. The van der Waals surface area contributed by atoms with Crippen LogP contribution in [0.25, 0.3) is 10.9 Å². The number of pyridine rings is 1. The summed E-state index contributed by atoms with van der Waals surface area (Å²) in [6.07, 6.45) is 0. The summed E-state index contributed by atoms with van der Waals surface area (Å²) >= 11 is 0. The van der Waals surface area contributed by atoms with E-state index in [1.165, 1.54) is 6.92 Å². The maximum Gasteiger partial charge on any atom is 0.253 e. The molecule has 0 spiro atoms. The maximum absolute atomic E-state index is 12.5. The van der Waals surface area contributed by atoms with Crippen molar-refractivity contribution in [1.82, 2.24) is 9.88 Å². The molecule has 1 aliphatic rings. The highest BCUT2D eigenvalue weighted by Crippen LogP contribution is 2.35. The number of hydrogen-bond donors (Lipinski definition) is 1. The van der Waals surface area contributed by atoms with Crippen LogP contribution in [0.4, 0.5) is 0 Å². The zero-order valence-electron chi connectivity index (χ0n) is 15.2. The number of carbonyl (C=O) groups is 1. The van der Waals surface area contributed by atoms with Gasteiger partial charge in [-0.05, 0) is 24.6 Å². The molecule has 2 aromatic carbocycles. The van der Waals surface area contributed by atoms with Crippen LogP contribution in [0.3, 0.4) is 0 Å². The predicted octanol–water partition coefficient (Wildman–Crippen LogP) is 3.11. The lowest BCUT2D eigenvalue weighted by molar-refractivity contribution is -0.130. The quantitative estimate of drug-likeness (QED) is 0.772. The minimum absolute atomic E-state index is 0.0826. The Morgan fingerprint density at radius 3 is 2.48 bits per heavy atom. The van der Waals surface area contributed by atoms with Crippen LogP contribution in [-0.2, 0) is 17.9 Å². The first-order valence-corrected chi connectivity index (χ1v) is 8.76. The summed E-state index contributed by atoms with van der Waals surface area (Å²) in [6, 6.07) is 13.4. The topological polar surface area (TPSA) is 71.6 Å². The zero-order chi connectivity index (χ0) is 19.0. The van der Waals surface area contributed by atoms with Crippen molar-refractivity contribution in [3.05, 3.63) is 69.5 Å². The molecule has 0 fully saturated rings. The second-order valence-electron chi connectivity index (χ2n) is 6.78. The van der Waals surface area contributed by atoms with Crippen molar-refractivity contribution in [2.75, 3.05) is 6.79 Å². The number of amides is 1. The number of aromatic nitrogens is 1. The average Bonchev–Trinajstić information content (AvgIpc) is 3.08. The summed E-state index contributed by atoms with van der Waals surface area (Å²) in [6.45, 7) is 4.41. The molecule has 1 aromatic heterocycles. The smallest absolute Gasteiger partial charge is 0.253 e. The van der Waals surface area contributed by atoms with Gasteiger partial charge >= 0.3 is 0 Å². The molecule has 0 saturated carbocycles. The van der Waals surface area contributed by atoms with Crippen molar-refractivity contribution in [1.29, 1.82) is 0 Å². The van der Waals surface area contributed by atoms with Gasteiger partial charge in [-0.1, -0.05) is 29.8 Å². The van der Waals surface area contributed by atoms with Gasteiger partial charge in [0.15, 0.2) is 11.5 Å². The van der Waals surface area contributed by atoms with Crippen LogP contribution in [0.5, 0.6) is 11.5 Å². The van der Waals surface area contributed by atoms with Crippen LogP contribution in [0, 0.1) is 6.92 Å². The summed E-state index contributed by atoms with van der Waals surface area (Å²) < 4.78 is 10.8. The summed E-state index contributed by atoms with van der Waals surface area (Å²) in [5.41, 5.74) is 3.19. The molecule has 1 N–H and O–H groups in total. The number of rotatable bonds is 4. The molecule has 1 aliphatic heterocycles. The average molecular weight is 364 g/mol. The van der Waals surface area contributed by atoms with E-state index in [9.17, 15) is 9.59 Å². The van der Waals surface area contributed by atoms with Crippen LogP contribution in [0.1, 0.15) is 23.6 Å². The molecule has 4 rings (SSSR count). The Labute approximate surface area is 156 Å². The van der Waals surface area contributed by atoms with Crippen LogP contribution in [-0.4, -0.2) is 22.6 Å². The Morgan fingerprint density at radius 1 is 1.07 bits per heavy atom. The fraction of sp³-hybridized carbons (Fsp3) is 0.238. The van der Waals surface area contributed by atoms with Crippen LogP contribution in [0.15, 0.2) is 47.3 Å². The second-order valence-corrected chi connectivity index (χ2v) is 6.78. The van der Waals surface area contributed by atoms with Crippen molar-refractivity contribution >= 4 is 16.8 Å². The molecule has 0 saturated heterocycles. The van der Waals surface area contributed by atoms with E-state index in [2.05, 4.69) is 4.98 Å². The van der Waals surface area contributed by atoms with Gasteiger partial charge in [-0.2, -0.15) is 0 Å². The van der Waals surface area contributed by atoms with Crippen LogP contribution < -0.4 is 15.0 Å². The van der Waals surface area contributed by atoms with Gasteiger partial charge in [0.25, 0.3) is 5.56 Å². The van der Waals surface area contributed by atoms with Crippen molar-refractivity contribution in [3.8, 4) is 11.5 Å². The molecule has 6 heteroatoms. The number of benzene rings is 2. The molecule has 6 nitrogen and oxygen atoms in total. The van der Waals surface area contributed by atoms with Gasteiger partial charge in [0.1, 0.15) is 0 Å². The van der Waals surface area contributed by atoms with Gasteiger partial charge in [0, 0.05) is 30.5 Å². The summed E-state index contributed by atoms with van der Waals surface area (Å²) in [5.74, 6) is 1.19. The van der Waals surface area contributed by atoms with Gasteiger partial charge in [-0.25, -0.2) is 0 Å². The largest absolute Gasteiger partial charge is 0.454 e. The van der Waals surface area contributed by atoms with Gasteiger partial charge in [-0.3, -0.25) is 9.59 Å². The van der Waals surface area contributed by atoms with E-state index in [4.69, 9.17) is 9.47 Å². The summed E-state index contributed by atoms with van der Waals surface area (Å²) in [4.78, 5) is 29.2. The van der Waals surface area contributed by atoms with E-state index in [0.29, 0.717) is 29.1 Å². The first-order chi connectivity index (χ1) is 13.0. The van der Waals surface area contributed by atoms with E-state index >= 15 is 0 Å². The molecular formula is C21H20N2O4. The monoisotopic (exact) mass is 364 g/mol. The number of fused-ring (bicyclic) bond motifs is 2. The number of H-pyrrole nitrogens is 1. The lowest BCUT2D eigenvalue weighted by Gasteiger charge is -2.21. The molecule has 27 heavy (non-hydrogen) atoms. The molecule has 0 atom stereocenters. The van der Waals surface area contributed by atoms with E-state index in [1.807, 2.05) is 37.3 Å². The maximum atomic E-state index is 12.5. The van der Waals surface area contributed by atoms with Crippen molar-refractivity contribution in [3.63, 3.8) is 0 Å². The number of nitrogens with one attached hydrogen (secondary N) is 1. The van der Waals surface area contributed by atoms with E-state index in [-0.39, 0.29) is 24.8 Å². The fourth-order valence-corrected chi connectivity index (χ4v) is 3.16. The normalized spacial score (nSPS) is 12.4. The van der Waals surface area contributed by atoms with Gasteiger partial charge in [-0.15, -0.1) is 0 Å². The highest BCUT2D eigenvalue weighted by molar-refractivity contribution is 5.83. The Bertz CT molecular complexity index is 1070. The first-order valence-electron chi connectivity index (χ1n) is 8.76. The molecule has 0 radical (unpaired) electrons. The third kappa shape index (κ3) is 3.51. The SMILES string of the molecule is CC(=O)N(Cc1ccc(C)cc1)Cc1cc2cc3c(cc2[nH]c1=O)OCO3. The predicted molar refractivity (Wildman–Crippen MR) is 102 cm³/mol. The lowest BCUT2D eigenvalue weighted by atomic mass is 10.1. The highest BCUT2D eigenvalue weighted by atomic mass is 16.7. The molecule has 3 aromatic rings. The number of hydrogen-bond acceptors (Lipinski definition) is 4. The van der Waals surface area contributed by atoms with Crippen molar-refractivity contribution in [2.24, 2.45) is 0 Å². The third-order valence-electron chi connectivity index (χ3n) is 4.71. The molecule has 0 bridgehead atoms. The number of nitrogens with zero attached hydrogens (tertiary/aromatic N) is 1. The summed E-state index contributed by atoms with van der Waals surface area (Å²) in [7, 11) is 0. The van der Waals surface area contributed by atoms with Crippen LogP contribution >= 0.6 is 0 Å². The number of aromatic amines is 1. The van der Waals surface area contributed by atoms with Crippen molar-refractivity contribution < 1.29 is 14.3 Å². The molecule has 1 amide bonds. The Hall–Kier alpha value is -3.28. The second kappa shape index (κ2) is 6.79. The van der Waals surface area contributed by atoms with Gasteiger partial charge < -0.3 is 19.4 Å². The highest BCUT2D eigenvalue weighted by Gasteiger charge is 2.17. The molecular weight excluding hydrogens is 344 g/mol. The number of ether oxygens (including phenoxy) is 2. The van der Waals surface area contributed by atoms with Crippen LogP contribution in [0.2, 0.25) is 0 Å². The summed E-state index contributed by atoms with van der Waals surface area (Å²) in [5, 5.41) is 0.840. The molecule has 2 heterocycles. The Balaban J connectivity index is 1.64. The van der Waals surface area contributed by atoms with Gasteiger partial charge in [0.05, 0.1) is 12.1 Å². The first kappa shape index (κ1) is 17.1. The van der Waals surface area contributed by atoms with Gasteiger partial charge in [0.2, 0.25) is 12.7 Å². The van der Waals surface area contributed by atoms with E-state index < -0.39 is 0 Å².